The second-order valence-electron chi connectivity index (χ2n) is 8.41. The van der Waals surface area contributed by atoms with E-state index in [9.17, 15) is 4.79 Å². The van der Waals surface area contributed by atoms with Gasteiger partial charge in [-0.1, -0.05) is 18.7 Å². The molecule has 0 unspecified atom stereocenters. The molecule has 9 nitrogen and oxygen atoms in total. The Hall–Kier alpha value is -2.14. The molecule has 0 saturated carbocycles. The number of rotatable bonds is 9. The molecule has 0 spiro atoms. The Bertz CT molecular complexity index is 909. The largest absolute Gasteiger partial charge is 0.455 e. The number of furan rings is 1. The fourth-order valence-corrected chi connectivity index (χ4v) is 4.62. The lowest BCUT2D eigenvalue weighted by atomic mass is 10.3. The van der Waals surface area contributed by atoms with E-state index in [0.29, 0.717) is 18.1 Å². The van der Waals surface area contributed by atoms with Crippen LogP contribution in [0, 0.1) is 0 Å². The number of thioether (sulfide) groups is 1. The van der Waals surface area contributed by atoms with E-state index in [0.717, 1.165) is 87.9 Å². The third-order valence-corrected chi connectivity index (χ3v) is 6.85. The van der Waals surface area contributed by atoms with Crippen molar-refractivity contribution in [3.05, 3.63) is 35.4 Å². The van der Waals surface area contributed by atoms with Crippen molar-refractivity contribution in [1.82, 2.24) is 25.1 Å². The lowest BCUT2D eigenvalue weighted by Gasteiger charge is -2.33. The third kappa shape index (κ3) is 6.92. The first kappa shape index (κ1) is 24.0. The van der Waals surface area contributed by atoms with Crippen LogP contribution in [0.4, 0.5) is 5.82 Å². The monoisotopic (exact) mass is 474 g/mol. The molecule has 2 aliphatic rings. The van der Waals surface area contributed by atoms with Gasteiger partial charge in [-0.25, -0.2) is 9.97 Å². The molecule has 0 radical (unpaired) electrons. The Labute approximate surface area is 199 Å². The first-order valence-corrected chi connectivity index (χ1v) is 12.7. The molecule has 0 aliphatic carbocycles. The molecule has 2 aromatic rings. The van der Waals surface area contributed by atoms with Crippen LogP contribution in [-0.4, -0.2) is 98.3 Å². The van der Waals surface area contributed by atoms with Crippen molar-refractivity contribution in [3.8, 4) is 0 Å². The van der Waals surface area contributed by atoms with Crippen LogP contribution < -0.4 is 10.2 Å². The number of piperazine rings is 1. The van der Waals surface area contributed by atoms with E-state index in [-0.39, 0.29) is 5.91 Å². The number of carbonyl (C=O) groups excluding carboxylic acids is 1. The van der Waals surface area contributed by atoms with Gasteiger partial charge in [0.1, 0.15) is 11.6 Å². The predicted octanol–water partition coefficient (Wildman–Crippen LogP) is 1.74. The van der Waals surface area contributed by atoms with Crippen LogP contribution in [0.15, 0.2) is 27.8 Å². The molecule has 10 heteroatoms. The van der Waals surface area contributed by atoms with Gasteiger partial charge in [-0.15, -0.1) is 0 Å². The minimum atomic E-state index is -0.180. The van der Waals surface area contributed by atoms with Gasteiger partial charge in [-0.3, -0.25) is 9.69 Å². The molecule has 2 fully saturated rings. The molecule has 2 aliphatic heterocycles. The van der Waals surface area contributed by atoms with Crippen LogP contribution in [0.1, 0.15) is 28.9 Å². The molecule has 2 saturated heterocycles. The smallest absolute Gasteiger partial charge is 0.287 e. The van der Waals surface area contributed by atoms with Crippen molar-refractivity contribution in [2.24, 2.45) is 0 Å². The summed E-state index contributed by atoms with van der Waals surface area (Å²) in [5.74, 6) is 2.48. The number of hydrogen-bond donors (Lipinski definition) is 1. The highest BCUT2D eigenvalue weighted by atomic mass is 32.2. The van der Waals surface area contributed by atoms with Crippen molar-refractivity contribution >= 4 is 23.5 Å². The summed E-state index contributed by atoms with van der Waals surface area (Å²) >= 11 is 1.54. The molecule has 180 valence electrons. The van der Waals surface area contributed by atoms with Crippen LogP contribution >= 0.6 is 11.8 Å². The summed E-state index contributed by atoms with van der Waals surface area (Å²) in [4.78, 5) is 28.8. The number of nitrogens with zero attached hydrogens (tertiary/aromatic N) is 5. The maximum atomic E-state index is 12.4. The Morgan fingerprint density at radius 3 is 2.67 bits per heavy atom. The SMILES string of the molecule is CCc1cc(N2CCN(C)CC2)nc(SCc2ccc(C(=O)NCCN3CCOCC3)o2)n1. The van der Waals surface area contributed by atoms with E-state index in [4.69, 9.17) is 14.1 Å². The maximum Gasteiger partial charge on any atom is 0.287 e. The van der Waals surface area contributed by atoms with E-state index in [2.05, 4.69) is 45.0 Å². The molecule has 2 aromatic heterocycles. The number of anilines is 1. The minimum Gasteiger partial charge on any atom is -0.455 e. The molecule has 4 rings (SSSR count). The zero-order valence-corrected chi connectivity index (χ0v) is 20.4. The topological polar surface area (TPSA) is 87.0 Å². The fraction of sp³-hybridized carbons (Fsp3) is 0.609. The summed E-state index contributed by atoms with van der Waals surface area (Å²) in [5.41, 5.74) is 1.04. The van der Waals surface area contributed by atoms with E-state index in [1.165, 1.54) is 0 Å². The predicted molar refractivity (Wildman–Crippen MR) is 129 cm³/mol. The van der Waals surface area contributed by atoms with Gasteiger partial charge >= 0.3 is 0 Å². The summed E-state index contributed by atoms with van der Waals surface area (Å²) in [5, 5.41) is 3.69. The molecule has 1 amide bonds. The van der Waals surface area contributed by atoms with Gasteiger partial charge in [0.15, 0.2) is 10.9 Å². The molecule has 0 bridgehead atoms. The number of carbonyl (C=O) groups is 1. The van der Waals surface area contributed by atoms with E-state index in [1.54, 1.807) is 17.8 Å². The van der Waals surface area contributed by atoms with Crippen molar-refractivity contribution < 1.29 is 13.9 Å². The van der Waals surface area contributed by atoms with Gasteiger partial charge in [0.05, 0.1) is 19.0 Å². The van der Waals surface area contributed by atoms with Gasteiger partial charge in [0, 0.05) is 64.1 Å². The maximum absolute atomic E-state index is 12.4. The summed E-state index contributed by atoms with van der Waals surface area (Å²) in [7, 11) is 2.15. The number of amides is 1. The highest BCUT2D eigenvalue weighted by Crippen LogP contribution is 2.24. The first-order valence-electron chi connectivity index (χ1n) is 11.7. The van der Waals surface area contributed by atoms with Crippen molar-refractivity contribution in [3.63, 3.8) is 0 Å². The number of ether oxygens (including phenoxy) is 1. The molecule has 1 N–H and O–H groups in total. The molecular formula is C23H34N6O3S. The lowest BCUT2D eigenvalue weighted by molar-refractivity contribution is 0.0382. The quantitative estimate of drug-likeness (QED) is 0.431. The van der Waals surface area contributed by atoms with Gasteiger partial charge < -0.3 is 24.3 Å². The standard InChI is InChI=1S/C23H34N6O3S/c1-3-18-16-21(29-10-8-27(2)9-11-29)26-23(25-18)33-17-19-4-5-20(32-19)22(30)24-6-7-28-12-14-31-15-13-28/h4-5,16H,3,6-15,17H2,1-2H3,(H,24,30). The van der Waals surface area contributed by atoms with Crippen LogP contribution in [0.2, 0.25) is 0 Å². The summed E-state index contributed by atoms with van der Waals surface area (Å²) in [6.45, 7) is 10.9. The van der Waals surface area contributed by atoms with Crippen LogP contribution in [0.25, 0.3) is 0 Å². The Balaban J connectivity index is 1.29. The zero-order valence-electron chi connectivity index (χ0n) is 19.6. The summed E-state index contributed by atoms with van der Waals surface area (Å²) in [6, 6.07) is 5.69. The molecule has 0 atom stereocenters. The molecule has 4 heterocycles. The van der Waals surface area contributed by atoms with E-state index >= 15 is 0 Å². The molecule has 0 aromatic carbocycles. The van der Waals surface area contributed by atoms with Gasteiger partial charge in [0.25, 0.3) is 5.91 Å². The first-order chi connectivity index (χ1) is 16.1. The van der Waals surface area contributed by atoms with Crippen molar-refractivity contribution in [1.29, 1.82) is 0 Å². The fourth-order valence-electron chi connectivity index (χ4n) is 3.86. The highest BCUT2D eigenvalue weighted by molar-refractivity contribution is 7.98. The van der Waals surface area contributed by atoms with Gasteiger partial charge in [-0.2, -0.15) is 0 Å². The summed E-state index contributed by atoms with van der Waals surface area (Å²) < 4.78 is 11.1. The second kappa shape index (κ2) is 11.8. The Morgan fingerprint density at radius 2 is 1.91 bits per heavy atom. The highest BCUT2D eigenvalue weighted by Gasteiger charge is 2.18. The van der Waals surface area contributed by atoms with E-state index < -0.39 is 0 Å². The molecular weight excluding hydrogens is 440 g/mol. The lowest BCUT2D eigenvalue weighted by Crippen LogP contribution is -2.44. The van der Waals surface area contributed by atoms with Gasteiger partial charge in [0.2, 0.25) is 0 Å². The molecule has 33 heavy (non-hydrogen) atoms. The summed E-state index contributed by atoms with van der Waals surface area (Å²) in [6.07, 6.45) is 0.867. The zero-order chi connectivity index (χ0) is 23.0. The number of hydrogen-bond acceptors (Lipinski definition) is 9. The van der Waals surface area contributed by atoms with E-state index in [1.807, 2.05) is 6.07 Å². The normalized spacial score (nSPS) is 17.9. The van der Waals surface area contributed by atoms with Crippen molar-refractivity contribution in [2.45, 2.75) is 24.3 Å². The van der Waals surface area contributed by atoms with Gasteiger partial charge in [-0.05, 0) is 25.6 Å². The number of aromatic nitrogens is 2. The number of nitrogens with one attached hydrogen (secondary N) is 1. The average Bonchev–Trinajstić information content (AvgIpc) is 3.33. The number of aryl methyl sites for hydroxylation is 1. The van der Waals surface area contributed by atoms with Crippen LogP contribution in [0.5, 0.6) is 0 Å². The number of morpholine rings is 1. The number of likely N-dealkylation sites (N-methyl/N-ethyl adjacent to an activating group) is 1. The second-order valence-corrected chi connectivity index (χ2v) is 9.35. The Morgan fingerprint density at radius 1 is 1.12 bits per heavy atom. The van der Waals surface area contributed by atoms with Crippen LogP contribution in [0.3, 0.4) is 0 Å². The van der Waals surface area contributed by atoms with Crippen molar-refractivity contribution in [2.75, 3.05) is 77.5 Å². The third-order valence-electron chi connectivity index (χ3n) is 5.98. The average molecular weight is 475 g/mol. The Kier molecular flexibility index (Phi) is 8.60. The van der Waals surface area contributed by atoms with Crippen LogP contribution in [-0.2, 0) is 16.9 Å². The minimum absolute atomic E-state index is 0.180.